The Morgan fingerprint density at radius 3 is 2.52 bits per heavy atom. The standard InChI is InChI=1S/C15H14N2O4/c1-8-5-10(6-11(9(8)2)15(20)21)17-14(19)12-7-16-4-3-13(12)18/h3-7H,1-2H3,(H,16,18)(H,17,19)(H,20,21). The van der Waals surface area contributed by atoms with Gasteiger partial charge in [0.1, 0.15) is 5.56 Å². The second kappa shape index (κ2) is 5.62. The van der Waals surface area contributed by atoms with Crippen molar-refractivity contribution >= 4 is 17.6 Å². The minimum Gasteiger partial charge on any atom is -0.478 e. The second-order valence-electron chi connectivity index (χ2n) is 4.65. The number of aromatic nitrogens is 1. The second-order valence-corrected chi connectivity index (χ2v) is 4.65. The lowest BCUT2D eigenvalue weighted by molar-refractivity contribution is 0.0695. The highest BCUT2D eigenvalue weighted by molar-refractivity contribution is 6.04. The number of rotatable bonds is 3. The first-order chi connectivity index (χ1) is 9.90. The van der Waals surface area contributed by atoms with Crippen molar-refractivity contribution in [2.45, 2.75) is 13.8 Å². The van der Waals surface area contributed by atoms with Gasteiger partial charge in [0, 0.05) is 24.1 Å². The van der Waals surface area contributed by atoms with E-state index in [1.54, 1.807) is 19.9 Å². The van der Waals surface area contributed by atoms with E-state index < -0.39 is 17.3 Å². The van der Waals surface area contributed by atoms with Crippen LogP contribution < -0.4 is 10.7 Å². The minimum atomic E-state index is -1.07. The summed E-state index contributed by atoms with van der Waals surface area (Å²) in [6.07, 6.45) is 2.73. The van der Waals surface area contributed by atoms with Crippen molar-refractivity contribution in [3.63, 3.8) is 0 Å². The van der Waals surface area contributed by atoms with Crippen LogP contribution in [0.25, 0.3) is 0 Å². The van der Waals surface area contributed by atoms with Crippen LogP contribution in [0.3, 0.4) is 0 Å². The Morgan fingerprint density at radius 2 is 1.90 bits per heavy atom. The van der Waals surface area contributed by atoms with Gasteiger partial charge in [-0.25, -0.2) is 4.79 Å². The third-order valence-electron chi connectivity index (χ3n) is 3.22. The van der Waals surface area contributed by atoms with Gasteiger partial charge < -0.3 is 15.4 Å². The number of carbonyl (C=O) groups is 2. The number of carbonyl (C=O) groups excluding carboxylic acids is 1. The number of anilines is 1. The molecule has 0 aliphatic rings. The normalized spacial score (nSPS) is 10.2. The average molecular weight is 286 g/mol. The van der Waals surface area contributed by atoms with E-state index in [0.29, 0.717) is 11.3 Å². The topological polar surface area (TPSA) is 99.3 Å². The van der Waals surface area contributed by atoms with Crippen LogP contribution in [0.1, 0.15) is 31.8 Å². The third-order valence-corrected chi connectivity index (χ3v) is 3.22. The van der Waals surface area contributed by atoms with E-state index in [-0.39, 0.29) is 11.1 Å². The number of hydrogen-bond acceptors (Lipinski definition) is 3. The summed E-state index contributed by atoms with van der Waals surface area (Å²) in [6.45, 7) is 3.46. The smallest absolute Gasteiger partial charge is 0.336 e. The Morgan fingerprint density at radius 1 is 1.19 bits per heavy atom. The molecular weight excluding hydrogens is 272 g/mol. The van der Waals surface area contributed by atoms with Crippen molar-refractivity contribution in [1.29, 1.82) is 0 Å². The van der Waals surface area contributed by atoms with Gasteiger partial charge in [-0.3, -0.25) is 9.59 Å². The predicted molar refractivity (Wildman–Crippen MR) is 77.9 cm³/mol. The molecule has 2 rings (SSSR count). The minimum absolute atomic E-state index is 0.0346. The molecule has 3 N–H and O–H groups in total. The van der Waals surface area contributed by atoms with E-state index >= 15 is 0 Å². The first kappa shape index (κ1) is 14.5. The molecule has 21 heavy (non-hydrogen) atoms. The number of aromatic amines is 1. The fraction of sp³-hybridized carbons (Fsp3) is 0.133. The van der Waals surface area contributed by atoms with Crippen LogP contribution in [0, 0.1) is 13.8 Å². The zero-order valence-corrected chi connectivity index (χ0v) is 11.6. The van der Waals surface area contributed by atoms with Gasteiger partial charge in [-0.15, -0.1) is 0 Å². The molecule has 1 amide bonds. The number of aryl methyl sites for hydroxylation is 1. The Kier molecular flexibility index (Phi) is 3.89. The first-order valence-electron chi connectivity index (χ1n) is 6.23. The quantitative estimate of drug-likeness (QED) is 0.802. The number of hydrogen-bond donors (Lipinski definition) is 3. The van der Waals surface area contributed by atoms with Gasteiger partial charge in [0.15, 0.2) is 5.43 Å². The molecule has 0 spiro atoms. The number of H-pyrrole nitrogens is 1. The molecule has 1 aromatic carbocycles. The number of carboxylic acid groups (broad SMARTS) is 1. The van der Waals surface area contributed by atoms with Crippen LogP contribution >= 0.6 is 0 Å². The lowest BCUT2D eigenvalue weighted by atomic mass is 10.0. The fourth-order valence-corrected chi connectivity index (χ4v) is 1.95. The molecule has 0 fully saturated rings. The van der Waals surface area contributed by atoms with Crippen LogP contribution in [0.4, 0.5) is 5.69 Å². The number of nitrogens with one attached hydrogen (secondary N) is 2. The molecule has 2 aromatic rings. The summed E-state index contributed by atoms with van der Waals surface area (Å²) in [7, 11) is 0. The Bertz CT molecular complexity index is 777. The van der Waals surface area contributed by atoms with Crippen LogP contribution in [-0.2, 0) is 0 Å². The van der Waals surface area contributed by atoms with Gasteiger partial charge in [-0.1, -0.05) is 0 Å². The molecule has 0 unspecified atom stereocenters. The lowest BCUT2D eigenvalue weighted by Crippen LogP contribution is -2.21. The molecule has 6 heteroatoms. The molecule has 0 aliphatic heterocycles. The zero-order valence-electron chi connectivity index (χ0n) is 11.6. The Labute approximate surface area is 120 Å². The molecule has 1 heterocycles. The average Bonchev–Trinajstić information content (AvgIpc) is 2.42. The van der Waals surface area contributed by atoms with Gasteiger partial charge >= 0.3 is 5.97 Å². The maximum atomic E-state index is 12.0. The van der Waals surface area contributed by atoms with E-state index in [1.807, 2.05) is 0 Å². The number of amides is 1. The van der Waals surface area contributed by atoms with Gasteiger partial charge in [-0.05, 0) is 37.1 Å². The number of carboxylic acids is 1. The van der Waals surface area contributed by atoms with E-state index in [1.165, 1.54) is 24.5 Å². The Balaban J connectivity index is 2.37. The molecule has 6 nitrogen and oxygen atoms in total. The number of benzene rings is 1. The van der Waals surface area contributed by atoms with Crippen molar-refractivity contribution in [2.75, 3.05) is 5.32 Å². The SMILES string of the molecule is Cc1cc(NC(=O)c2c[nH]ccc2=O)cc(C(=O)O)c1C. The first-order valence-corrected chi connectivity index (χ1v) is 6.23. The van der Waals surface area contributed by atoms with Crippen molar-refractivity contribution in [2.24, 2.45) is 0 Å². The van der Waals surface area contributed by atoms with E-state index in [2.05, 4.69) is 10.3 Å². The largest absolute Gasteiger partial charge is 0.478 e. The summed E-state index contributed by atoms with van der Waals surface area (Å²) in [4.78, 5) is 37.4. The molecule has 0 atom stereocenters. The maximum absolute atomic E-state index is 12.0. The molecule has 1 aromatic heterocycles. The highest BCUT2D eigenvalue weighted by Gasteiger charge is 2.14. The zero-order chi connectivity index (χ0) is 15.6. The van der Waals surface area contributed by atoms with E-state index in [4.69, 9.17) is 5.11 Å². The van der Waals surface area contributed by atoms with Crippen molar-refractivity contribution in [3.8, 4) is 0 Å². The molecule has 108 valence electrons. The van der Waals surface area contributed by atoms with E-state index in [9.17, 15) is 14.4 Å². The molecule has 0 saturated heterocycles. The Hall–Kier alpha value is -2.89. The summed E-state index contributed by atoms with van der Waals surface area (Å²) in [6, 6.07) is 4.29. The van der Waals surface area contributed by atoms with Crippen molar-refractivity contribution in [1.82, 2.24) is 4.98 Å². The summed E-state index contributed by atoms with van der Waals surface area (Å²) in [5.41, 5.74) is 1.39. The van der Waals surface area contributed by atoms with Crippen LogP contribution in [0.2, 0.25) is 0 Å². The van der Waals surface area contributed by atoms with Crippen LogP contribution in [-0.4, -0.2) is 22.0 Å². The molecule has 0 radical (unpaired) electrons. The molecule has 0 bridgehead atoms. The van der Waals surface area contributed by atoms with Gasteiger partial charge in [0.25, 0.3) is 5.91 Å². The van der Waals surface area contributed by atoms with Crippen molar-refractivity contribution in [3.05, 3.63) is 63.1 Å². The van der Waals surface area contributed by atoms with E-state index in [0.717, 1.165) is 5.56 Å². The number of pyridine rings is 1. The van der Waals surface area contributed by atoms with Gasteiger partial charge in [0.2, 0.25) is 0 Å². The highest BCUT2D eigenvalue weighted by atomic mass is 16.4. The third kappa shape index (κ3) is 3.00. The van der Waals surface area contributed by atoms with Gasteiger partial charge in [0.05, 0.1) is 5.56 Å². The molecular formula is C15H14N2O4. The van der Waals surface area contributed by atoms with Crippen LogP contribution in [0.15, 0.2) is 35.4 Å². The monoisotopic (exact) mass is 286 g/mol. The summed E-state index contributed by atoms with van der Waals surface area (Å²) >= 11 is 0. The summed E-state index contributed by atoms with van der Waals surface area (Å²) in [5.74, 6) is -1.65. The number of aromatic carboxylic acids is 1. The maximum Gasteiger partial charge on any atom is 0.336 e. The predicted octanol–water partition coefficient (Wildman–Crippen LogP) is 1.94. The highest BCUT2D eigenvalue weighted by Crippen LogP contribution is 2.20. The van der Waals surface area contributed by atoms with Gasteiger partial charge in [-0.2, -0.15) is 0 Å². The molecule has 0 aliphatic carbocycles. The van der Waals surface area contributed by atoms with Crippen LogP contribution in [0.5, 0.6) is 0 Å². The molecule has 0 saturated carbocycles. The summed E-state index contributed by atoms with van der Waals surface area (Å²) in [5, 5.41) is 11.7. The lowest BCUT2D eigenvalue weighted by Gasteiger charge is -2.10. The fourth-order valence-electron chi connectivity index (χ4n) is 1.95. The van der Waals surface area contributed by atoms with Crippen molar-refractivity contribution < 1.29 is 14.7 Å². The summed E-state index contributed by atoms with van der Waals surface area (Å²) < 4.78 is 0.